The minimum atomic E-state index is -1.19. The second-order valence-corrected chi connectivity index (χ2v) is 5.10. The molecule has 0 spiro atoms. The number of halogens is 2. The first-order chi connectivity index (χ1) is 9.58. The quantitative estimate of drug-likeness (QED) is 0.738. The van der Waals surface area contributed by atoms with Gasteiger partial charge in [0.05, 0.1) is 4.47 Å². The molecule has 0 aliphatic rings. The molecule has 100 valence electrons. The molecule has 0 saturated heterocycles. The average molecular weight is 335 g/mol. The fraction of sp³-hybridized carbons (Fsp3) is 0. The Balaban J connectivity index is 2.44. The van der Waals surface area contributed by atoms with Crippen molar-refractivity contribution >= 4 is 32.9 Å². The minimum Gasteiger partial charge on any atom is -0.475 e. The summed E-state index contributed by atoms with van der Waals surface area (Å²) in [6.45, 7) is 0. The summed E-state index contributed by atoms with van der Waals surface area (Å²) in [6, 6.07) is 11.4. The van der Waals surface area contributed by atoms with Gasteiger partial charge in [-0.15, -0.1) is 0 Å². The number of aromatic carboxylic acids is 1. The molecule has 0 saturated carbocycles. The van der Waals surface area contributed by atoms with E-state index in [2.05, 4.69) is 15.9 Å². The first-order valence-corrected chi connectivity index (χ1v) is 6.57. The largest absolute Gasteiger partial charge is 0.475 e. The van der Waals surface area contributed by atoms with E-state index < -0.39 is 11.8 Å². The van der Waals surface area contributed by atoms with Gasteiger partial charge < -0.3 is 9.52 Å². The highest BCUT2D eigenvalue weighted by Crippen LogP contribution is 2.38. The highest BCUT2D eigenvalue weighted by atomic mass is 79.9. The van der Waals surface area contributed by atoms with Crippen molar-refractivity contribution in [3.8, 4) is 11.1 Å². The fourth-order valence-corrected chi connectivity index (χ4v) is 2.68. The lowest BCUT2D eigenvalue weighted by Crippen LogP contribution is -1.95. The molecule has 3 nitrogen and oxygen atoms in total. The Morgan fingerprint density at radius 3 is 2.55 bits per heavy atom. The number of rotatable bonds is 2. The lowest BCUT2D eigenvalue weighted by atomic mass is 10.0. The highest BCUT2D eigenvalue weighted by Gasteiger charge is 2.23. The van der Waals surface area contributed by atoms with Gasteiger partial charge in [-0.1, -0.05) is 30.3 Å². The Bertz CT molecular complexity index is 809. The van der Waals surface area contributed by atoms with Gasteiger partial charge >= 0.3 is 5.97 Å². The monoisotopic (exact) mass is 334 g/mol. The molecule has 0 bridgehead atoms. The number of fused-ring (bicyclic) bond motifs is 1. The molecule has 0 atom stereocenters. The van der Waals surface area contributed by atoms with Gasteiger partial charge in [0.25, 0.3) is 0 Å². The zero-order valence-corrected chi connectivity index (χ0v) is 11.6. The Hall–Kier alpha value is -2.14. The molecule has 0 amide bonds. The molecule has 0 fully saturated rings. The Kier molecular flexibility index (Phi) is 3.06. The summed E-state index contributed by atoms with van der Waals surface area (Å²) in [7, 11) is 0. The van der Waals surface area contributed by atoms with Crippen molar-refractivity contribution in [3.63, 3.8) is 0 Å². The molecule has 1 aromatic heterocycles. The lowest BCUT2D eigenvalue weighted by molar-refractivity contribution is 0.0666. The zero-order valence-electron chi connectivity index (χ0n) is 10.1. The van der Waals surface area contributed by atoms with Gasteiger partial charge in [0, 0.05) is 10.9 Å². The van der Waals surface area contributed by atoms with Crippen LogP contribution in [0.3, 0.4) is 0 Å². The van der Waals surface area contributed by atoms with E-state index in [-0.39, 0.29) is 5.76 Å². The molecule has 3 aromatic rings. The van der Waals surface area contributed by atoms with Crippen LogP contribution in [0.15, 0.2) is 51.4 Å². The van der Waals surface area contributed by atoms with Crippen molar-refractivity contribution in [1.29, 1.82) is 0 Å². The van der Waals surface area contributed by atoms with Crippen molar-refractivity contribution in [1.82, 2.24) is 0 Å². The summed E-state index contributed by atoms with van der Waals surface area (Å²) in [6.07, 6.45) is 0. The normalized spacial score (nSPS) is 10.9. The van der Waals surface area contributed by atoms with Crippen molar-refractivity contribution in [2.24, 2.45) is 0 Å². The van der Waals surface area contributed by atoms with E-state index in [0.717, 1.165) is 0 Å². The van der Waals surface area contributed by atoms with E-state index in [0.29, 0.717) is 26.6 Å². The highest BCUT2D eigenvalue weighted by molar-refractivity contribution is 9.10. The maximum absolute atomic E-state index is 13.6. The molecule has 1 N–H and O–H groups in total. The van der Waals surface area contributed by atoms with Crippen LogP contribution in [0.1, 0.15) is 10.6 Å². The third-order valence-electron chi connectivity index (χ3n) is 2.97. The van der Waals surface area contributed by atoms with Crippen molar-refractivity contribution in [2.75, 3.05) is 0 Å². The van der Waals surface area contributed by atoms with E-state index in [4.69, 9.17) is 4.42 Å². The number of carbonyl (C=O) groups is 1. The van der Waals surface area contributed by atoms with Gasteiger partial charge in [0.15, 0.2) is 0 Å². The number of hydrogen-bond donors (Lipinski definition) is 1. The van der Waals surface area contributed by atoms with Crippen LogP contribution in [-0.4, -0.2) is 11.1 Å². The van der Waals surface area contributed by atoms with Gasteiger partial charge in [0.2, 0.25) is 5.76 Å². The van der Waals surface area contributed by atoms with Crippen molar-refractivity contribution in [3.05, 3.63) is 58.5 Å². The van der Waals surface area contributed by atoms with Crippen LogP contribution in [0, 0.1) is 5.82 Å². The van der Waals surface area contributed by atoms with Crippen LogP contribution in [0.2, 0.25) is 0 Å². The van der Waals surface area contributed by atoms with Crippen molar-refractivity contribution < 1.29 is 18.7 Å². The van der Waals surface area contributed by atoms with Gasteiger partial charge in [-0.05, 0) is 33.6 Å². The fourth-order valence-electron chi connectivity index (χ4n) is 2.17. The smallest absolute Gasteiger partial charge is 0.372 e. The summed E-state index contributed by atoms with van der Waals surface area (Å²) in [5.41, 5.74) is 1.37. The third-order valence-corrected chi connectivity index (χ3v) is 3.55. The lowest BCUT2D eigenvalue weighted by Gasteiger charge is -2.00. The molecule has 0 aliphatic heterocycles. The summed E-state index contributed by atoms with van der Waals surface area (Å²) in [5, 5.41) is 9.72. The van der Waals surface area contributed by atoms with Gasteiger partial charge in [-0.2, -0.15) is 0 Å². The van der Waals surface area contributed by atoms with E-state index >= 15 is 0 Å². The number of carboxylic acids is 1. The predicted molar refractivity (Wildman–Crippen MR) is 76.3 cm³/mol. The Labute approximate surface area is 121 Å². The zero-order chi connectivity index (χ0) is 14.3. The number of carboxylic acid groups (broad SMARTS) is 1. The van der Waals surface area contributed by atoms with Gasteiger partial charge in [-0.25, -0.2) is 9.18 Å². The maximum atomic E-state index is 13.6. The standard InChI is InChI=1S/C15H8BrFO3/c16-11-7-9(17)6-10-12(8-4-2-1-3-5-8)14(15(18)19)20-13(10)11/h1-7H,(H,18,19). The van der Waals surface area contributed by atoms with Gasteiger partial charge in [0.1, 0.15) is 11.4 Å². The van der Waals surface area contributed by atoms with Crippen LogP contribution in [-0.2, 0) is 0 Å². The molecule has 5 heteroatoms. The number of furan rings is 1. The van der Waals surface area contributed by atoms with Crippen molar-refractivity contribution in [2.45, 2.75) is 0 Å². The maximum Gasteiger partial charge on any atom is 0.372 e. The minimum absolute atomic E-state index is 0.197. The topological polar surface area (TPSA) is 50.4 Å². The molecule has 3 rings (SSSR count). The first-order valence-electron chi connectivity index (χ1n) is 5.78. The molecular weight excluding hydrogens is 327 g/mol. The van der Waals surface area contributed by atoms with Crippen LogP contribution < -0.4 is 0 Å². The number of hydrogen-bond acceptors (Lipinski definition) is 2. The second kappa shape index (κ2) is 4.76. The Morgan fingerprint density at radius 1 is 1.20 bits per heavy atom. The molecular formula is C15H8BrFO3. The summed E-state index contributed by atoms with van der Waals surface area (Å²) < 4.78 is 19.4. The predicted octanol–water partition coefficient (Wildman–Crippen LogP) is 4.70. The molecule has 0 unspecified atom stereocenters. The summed E-state index contributed by atoms with van der Waals surface area (Å²) >= 11 is 3.19. The number of benzene rings is 2. The molecule has 0 radical (unpaired) electrons. The second-order valence-electron chi connectivity index (χ2n) is 4.24. The molecule has 20 heavy (non-hydrogen) atoms. The third kappa shape index (κ3) is 2.00. The first kappa shape index (κ1) is 12.9. The molecule has 2 aromatic carbocycles. The van der Waals surface area contributed by atoms with E-state index in [1.807, 2.05) is 6.07 Å². The van der Waals surface area contributed by atoms with Crippen LogP contribution in [0.4, 0.5) is 4.39 Å². The van der Waals surface area contributed by atoms with E-state index in [9.17, 15) is 14.3 Å². The molecule has 0 aliphatic carbocycles. The Morgan fingerprint density at radius 2 is 1.90 bits per heavy atom. The van der Waals surface area contributed by atoms with Crippen LogP contribution >= 0.6 is 15.9 Å². The molecule has 1 heterocycles. The SMILES string of the molecule is O=C(O)c1oc2c(Br)cc(F)cc2c1-c1ccccc1. The van der Waals surface area contributed by atoms with Crippen LogP contribution in [0.25, 0.3) is 22.1 Å². The van der Waals surface area contributed by atoms with E-state index in [1.165, 1.54) is 12.1 Å². The average Bonchev–Trinajstić information content (AvgIpc) is 2.79. The van der Waals surface area contributed by atoms with E-state index in [1.54, 1.807) is 24.3 Å². The summed E-state index contributed by atoms with van der Waals surface area (Å²) in [5.74, 6) is -1.84. The van der Waals surface area contributed by atoms with Crippen LogP contribution in [0.5, 0.6) is 0 Å². The van der Waals surface area contributed by atoms with Gasteiger partial charge in [-0.3, -0.25) is 0 Å². The summed E-state index contributed by atoms with van der Waals surface area (Å²) in [4.78, 5) is 11.4.